The van der Waals surface area contributed by atoms with E-state index < -0.39 is 57.8 Å². The van der Waals surface area contributed by atoms with Crippen molar-refractivity contribution in [2.75, 3.05) is 0 Å². The summed E-state index contributed by atoms with van der Waals surface area (Å²) in [5.74, 6) is -8.97. The highest BCUT2D eigenvalue weighted by Gasteiger charge is 2.69. The van der Waals surface area contributed by atoms with Crippen molar-refractivity contribution in [3.8, 4) is 0 Å². The van der Waals surface area contributed by atoms with Crippen LogP contribution in [0.5, 0.6) is 0 Å². The van der Waals surface area contributed by atoms with Crippen LogP contribution in [0, 0.1) is 5.41 Å². The molecule has 0 aliphatic heterocycles. The summed E-state index contributed by atoms with van der Waals surface area (Å²) in [5.41, 5.74) is -3.73. The van der Waals surface area contributed by atoms with Crippen molar-refractivity contribution in [2.24, 2.45) is 11.1 Å². The molecule has 0 saturated carbocycles. The van der Waals surface area contributed by atoms with Gasteiger partial charge in [0, 0.05) is 11.1 Å². The number of hydrogen-bond acceptors (Lipinski definition) is 8. The number of Topliss-reactive ketones (excluding diaryl/α,β-unsaturated/α-hetero) is 2. The number of benzene rings is 2. The molecule has 0 heterocycles. The Kier molecular flexibility index (Phi) is 9.14. The Morgan fingerprint density at radius 2 is 0.943 bits per heavy atom. The second-order valence-corrected chi connectivity index (χ2v) is 8.60. The lowest BCUT2D eigenvalue weighted by atomic mass is 9.73. The van der Waals surface area contributed by atoms with E-state index in [0.29, 0.717) is 0 Å². The molecule has 3 atom stereocenters. The highest BCUT2D eigenvalue weighted by Crippen LogP contribution is 2.31. The first kappa shape index (κ1) is 29.1. The topological polar surface area (TPSA) is 213 Å². The fraction of sp³-hybridized carbons (Fsp3) is 0.292. The van der Waals surface area contributed by atoms with Crippen molar-refractivity contribution in [1.82, 2.24) is 0 Å². The molecular weight excluding hydrogens is 462 g/mol. The van der Waals surface area contributed by atoms with Crippen molar-refractivity contribution in [1.29, 1.82) is 0 Å². The third-order valence-electron chi connectivity index (χ3n) is 5.07. The van der Waals surface area contributed by atoms with E-state index in [2.05, 4.69) is 0 Å². The number of carbonyl (C=O) groups excluding carboxylic acids is 2. The molecule has 188 valence electrons. The number of nitrogens with two attached hydrogens (primary N) is 1. The summed E-state index contributed by atoms with van der Waals surface area (Å²) in [6, 6.07) is 12.1. The Morgan fingerprint density at radius 1 is 0.657 bits per heavy atom. The molecule has 0 spiro atoms. The molecule has 2 aromatic carbocycles. The maximum Gasteiger partial charge on any atom is 0.348 e. The van der Waals surface area contributed by atoms with Gasteiger partial charge >= 0.3 is 17.9 Å². The van der Waals surface area contributed by atoms with Gasteiger partial charge in [-0.25, -0.2) is 9.59 Å². The molecule has 11 heteroatoms. The quantitative estimate of drug-likeness (QED) is 0.226. The highest BCUT2D eigenvalue weighted by atomic mass is 16.5. The van der Waals surface area contributed by atoms with Crippen LogP contribution in [0.4, 0.5) is 0 Å². The average Bonchev–Trinajstić information content (AvgIpc) is 2.82. The molecule has 2 aromatic rings. The molecule has 0 radical (unpaired) electrons. The van der Waals surface area contributed by atoms with Crippen LogP contribution in [-0.2, 0) is 14.4 Å². The maximum atomic E-state index is 12.6. The molecule has 0 saturated heterocycles. The summed E-state index contributed by atoms with van der Waals surface area (Å²) in [6.45, 7) is 5.39. The number of aliphatic hydroxyl groups is 2. The number of carboxylic acid groups (broad SMARTS) is 3. The summed E-state index contributed by atoms with van der Waals surface area (Å²) >= 11 is 0. The number of rotatable bonds is 8. The van der Waals surface area contributed by atoms with Gasteiger partial charge in [-0.3, -0.25) is 14.4 Å². The number of carbonyl (C=O) groups is 5. The molecule has 0 amide bonds. The Morgan fingerprint density at radius 3 is 1.11 bits per heavy atom. The number of carboxylic acids is 3. The first-order chi connectivity index (χ1) is 16.0. The predicted molar refractivity (Wildman–Crippen MR) is 122 cm³/mol. The van der Waals surface area contributed by atoms with Crippen LogP contribution < -0.4 is 5.73 Å². The van der Waals surface area contributed by atoms with E-state index in [4.69, 9.17) is 10.8 Å². The average molecular weight is 489 g/mol. The summed E-state index contributed by atoms with van der Waals surface area (Å²) in [6.07, 6.45) is 0. The van der Waals surface area contributed by atoms with Gasteiger partial charge in [-0.2, -0.15) is 0 Å². The smallest absolute Gasteiger partial charge is 0.348 e. The molecule has 35 heavy (non-hydrogen) atoms. The lowest BCUT2D eigenvalue weighted by Crippen LogP contribution is -2.71. The molecule has 7 N–H and O–H groups in total. The van der Waals surface area contributed by atoms with Crippen molar-refractivity contribution in [2.45, 2.75) is 38.0 Å². The fourth-order valence-corrected chi connectivity index (χ4v) is 2.80. The predicted octanol–water partition coefficient (Wildman–Crippen LogP) is 0.828. The molecular formula is C24H27NO10. The van der Waals surface area contributed by atoms with E-state index in [1.165, 1.54) is 36.4 Å². The van der Waals surface area contributed by atoms with E-state index in [1.54, 1.807) is 20.8 Å². The second-order valence-electron chi connectivity index (χ2n) is 8.60. The SMILES string of the molecule is CC(C)(C)[C@H](N)C(=O)O.O=C(O)[C@](O)(C(=O)c1ccccc1)[C@](O)(C(=O)O)C(=O)c1ccccc1. The second kappa shape index (κ2) is 11.0. The summed E-state index contributed by atoms with van der Waals surface area (Å²) in [4.78, 5) is 58.8. The minimum Gasteiger partial charge on any atom is -0.480 e. The van der Waals surface area contributed by atoms with Gasteiger partial charge in [0.05, 0.1) is 0 Å². The van der Waals surface area contributed by atoms with Crippen LogP contribution in [0.15, 0.2) is 60.7 Å². The Labute approximate surface area is 200 Å². The Bertz CT molecular complexity index is 1020. The molecule has 0 fully saturated rings. The first-order valence-electron chi connectivity index (χ1n) is 10.1. The third-order valence-corrected chi connectivity index (χ3v) is 5.07. The highest BCUT2D eigenvalue weighted by molar-refractivity contribution is 6.28. The van der Waals surface area contributed by atoms with Crippen LogP contribution in [0.1, 0.15) is 41.5 Å². The van der Waals surface area contributed by atoms with E-state index in [9.17, 15) is 44.4 Å². The van der Waals surface area contributed by atoms with Crippen molar-refractivity contribution in [3.05, 3.63) is 71.8 Å². The summed E-state index contributed by atoms with van der Waals surface area (Å²) in [7, 11) is 0. The molecule has 0 bridgehead atoms. The van der Waals surface area contributed by atoms with E-state index in [-0.39, 0.29) is 5.41 Å². The van der Waals surface area contributed by atoms with E-state index >= 15 is 0 Å². The van der Waals surface area contributed by atoms with Crippen molar-refractivity contribution >= 4 is 29.5 Å². The van der Waals surface area contributed by atoms with Gasteiger partial charge in [0.15, 0.2) is 0 Å². The van der Waals surface area contributed by atoms with Gasteiger partial charge in [0.25, 0.3) is 11.2 Å². The minimum absolute atomic E-state index is 0.341. The number of hydrogen-bond donors (Lipinski definition) is 6. The lowest BCUT2D eigenvalue weighted by molar-refractivity contribution is -0.187. The molecule has 0 aromatic heterocycles. The summed E-state index contributed by atoms with van der Waals surface area (Å²) in [5, 5.41) is 48.3. The molecule has 0 aliphatic carbocycles. The summed E-state index contributed by atoms with van der Waals surface area (Å²) < 4.78 is 0. The first-order valence-corrected chi connectivity index (χ1v) is 10.1. The zero-order valence-electron chi connectivity index (χ0n) is 19.2. The lowest BCUT2D eigenvalue weighted by Gasteiger charge is -2.34. The van der Waals surface area contributed by atoms with E-state index in [1.807, 2.05) is 0 Å². The maximum absolute atomic E-state index is 12.6. The standard InChI is InChI=1S/C18H14O8.C6H13NO2/c19-13(11-7-3-1-4-8-11)17(25,15(21)22)18(26,16(23)24)14(20)12-9-5-2-6-10-12;1-6(2,3)4(7)5(8)9/h1-10,25-26H,(H,21,22)(H,23,24);4H,7H2,1-3H3,(H,8,9)/t17-,18-;4-/m11/s1. The van der Waals surface area contributed by atoms with Gasteiger partial charge in [0.1, 0.15) is 6.04 Å². The zero-order chi connectivity index (χ0) is 27.2. The molecule has 2 rings (SSSR count). The third kappa shape index (κ3) is 5.96. The van der Waals surface area contributed by atoms with Crippen LogP contribution >= 0.6 is 0 Å². The van der Waals surface area contributed by atoms with Gasteiger partial charge in [-0.15, -0.1) is 0 Å². The fourth-order valence-electron chi connectivity index (χ4n) is 2.80. The molecule has 0 aliphatic rings. The number of ketones is 2. The molecule has 11 nitrogen and oxygen atoms in total. The zero-order valence-corrected chi connectivity index (χ0v) is 19.2. The van der Waals surface area contributed by atoms with Gasteiger partial charge in [0.2, 0.25) is 11.6 Å². The normalized spacial score (nSPS) is 15.3. The van der Waals surface area contributed by atoms with Crippen LogP contribution in [0.2, 0.25) is 0 Å². The molecule has 0 unspecified atom stereocenters. The monoisotopic (exact) mass is 489 g/mol. The van der Waals surface area contributed by atoms with Crippen LogP contribution in [0.3, 0.4) is 0 Å². The van der Waals surface area contributed by atoms with Gasteiger partial charge in [-0.05, 0) is 5.41 Å². The largest absolute Gasteiger partial charge is 0.480 e. The van der Waals surface area contributed by atoms with E-state index in [0.717, 1.165) is 24.3 Å². The Balaban J connectivity index is 0.000000579. The Hall–Kier alpha value is -3.93. The van der Waals surface area contributed by atoms with Gasteiger partial charge in [-0.1, -0.05) is 81.4 Å². The van der Waals surface area contributed by atoms with Crippen LogP contribution in [-0.4, -0.2) is 72.3 Å². The van der Waals surface area contributed by atoms with Gasteiger partial charge < -0.3 is 31.3 Å². The van der Waals surface area contributed by atoms with Crippen molar-refractivity contribution in [3.63, 3.8) is 0 Å². The van der Waals surface area contributed by atoms with Crippen LogP contribution in [0.25, 0.3) is 0 Å². The van der Waals surface area contributed by atoms with Crippen molar-refractivity contribution < 1.29 is 49.5 Å². The minimum atomic E-state index is -3.95. The number of aliphatic carboxylic acids is 3.